The highest BCUT2D eigenvalue weighted by molar-refractivity contribution is 7.07. The van der Waals surface area contributed by atoms with E-state index in [2.05, 4.69) is 5.38 Å². The van der Waals surface area contributed by atoms with Gasteiger partial charge in [-0.15, -0.1) is 0 Å². The largest absolute Gasteiger partial charge is 0.481 e. The molecule has 1 aromatic rings. The number of carbonyl (C=O) groups excluding carboxylic acids is 1. The maximum Gasteiger partial charge on any atom is 0.307 e. The van der Waals surface area contributed by atoms with Crippen molar-refractivity contribution in [3.8, 4) is 0 Å². The van der Waals surface area contributed by atoms with E-state index >= 15 is 0 Å². The molecule has 2 saturated carbocycles. The molecule has 2 atom stereocenters. The van der Waals surface area contributed by atoms with E-state index in [9.17, 15) is 14.7 Å². The summed E-state index contributed by atoms with van der Waals surface area (Å²) in [6.45, 7) is 0.635. The zero-order valence-corrected chi connectivity index (χ0v) is 12.1. The number of thiophene rings is 1. The summed E-state index contributed by atoms with van der Waals surface area (Å²) in [7, 11) is 0. The van der Waals surface area contributed by atoms with Gasteiger partial charge in [0.25, 0.3) is 0 Å². The van der Waals surface area contributed by atoms with Crippen LogP contribution in [0.15, 0.2) is 16.8 Å². The molecular weight excluding hydrogens is 274 g/mol. The lowest BCUT2D eigenvalue weighted by molar-refractivity contribution is -0.149. The van der Waals surface area contributed by atoms with Gasteiger partial charge in [0.15, 0.2) is 0 Å². The van der Waals surface area contributed by atoms with Gasteiger partial charge in [-0.3, -0.25) is 9.59 Å². The van der Waals surface area contributed by atoms with Crippen LogP contribution in [0.5, 0.6) is 0 Å². The van der Waals surface area contributed by atoms with E-state index in [1.807, 2.05) is 16.3 Å². The maximum atomic E-state index is 12.7. The van der Waals surface area contributed by atoms with Gasteiger partial charge < -0.3 is 10.0 Å². The molecule has 2 aliphatic rings. The highest BCUT2D eigenvalue weighted by Crippen LogP contribution is 2.37. The zero-order chi connectivity index (χ0) is 14.1. The number of rotatable bonds is 5. The molecule has 1 heterocycles. The Labute approximate surface area is 122 Å². The Kier molecular flexibility index (Phi) is 3.78. The lowest BCUT2D eigenvalue weighted by Crippen LogP contribution is -2.40. The van der Waals surface area contributed by atoms with Gasteiger partial charge in [-0.1, -0.05) is 6.42 Å². The topological polar surface area (TPSA) is 57.6 Å². The summed E-state index contributed by atoms with van der Waals surface area (Å²) in [6, 6.07) is 2.37. The summed E-state index contributed by atoms with van der Waals surface area (Å²) in [5.41, 5.74) is 1.15. The minimum Gasteiger partial charge on any atom is -0.481 e. The minimum atomic E-state index is -0.813. The summed E-state index contributed by atoms with van der Waals surface area (Å²) >= 11 is 1.63. The Hall–Kier alpha value is -1.36. The lowest BCUT2D eigenvalue weighted by Gasteiger charge is -2.27. The standard InChI is InChI=1S/C15H19NO3S/c17-14(12-2-1-3-13(12)15(18)19)16(11-4-5-11)8-10-6-7-20-9-10/h6-7,9,11-13H,1-5,8H2,(H,18,19). The molecule has 1 amide bonds. The molecule has 5 heteroatoms. The van der Waals surface area contributed by atoms with Crippen LogP contribution in [-0.2, 0) is 16.1 Å². The van der Waals surface area contributed by atoms with E-state index in [-0.39, 0.29) is 11.8 Å². The molecule has 20 heavy (non-hydrogen) atoms. The second kappa shape index (κ2) is 5.56. The molecule has 4 nitrogen and oxygen atoms in total. The third-order valence-electron chi connectivity index (χ3n) is 4.35. The summed E-state index contributed by atoms with van der Waals surface area (Å²) in [5.74, 6) is -1.55. The van der Waals surface area contributed by atoms with Crippen molar-refractivity contribution in [1.82, 2.24) is 4.90 Å². The highest BCUT2D eigenvalue weighted by atomic mass is 32.1. The van der Waals surface area contributed by atoms with Crippen LogP contribution in [-0.4, -0.2) is 27.9 Å². The molecule has 0 aromatic carbocycles. The van der Waals surface area contributed by atoms with E-state index < -0.39 is 11.9 Å². The monoisotopic (exact) mass is 293 g/mol. The summed E-state index contributed by atoms with van der Waals surface area (Å²) in [5, 5.41) is 13.3. The lowest BCUT2D eigenvalue weighted by atomic mass is 9.94. The average molecular weight is 293 g/mol. The maximum absolute atomic E-state index is 12.7. The average Bonchev–Trinajstić information content (AvgIpc) is 2.95. The molecule has 0 aliphatic heterocycles. The number of carboxylic acid groups (broad SMARTS) is 1. The summed E-state index contributed by atoms with van der Waals surface area (Å²) in [6.07, 6.45) is 4.33. The molecular formula is C15H19NO3S. The SMILES string of the molecule is O=C(O)C1CCCC1C(=O)N(Cc1ccsc1)C1CC1. The van der Waals surface area contributed by atoms with Gasteiger partial charge in [0, 0.05) is 12.6 Å². The Morgan fingerprint density at radius 2 is 2.00 bits per heavy atom. The number of aliphatic carboxylic acids is 1. The molecule has 2 fully saturated rings. The number of hydrogen-bond donors (Lipinski definition) is 1. The molecule has 0 spiro atoms. The third kappa shape index (κ3) is 2.73. The van der Waals surface area contributed by atoms with Gasteiger partial charge in [0.2, 0.25) is 5.91 Å². The fourth-order valence-electron chi connectivity index (χ4n) is 3.12. The zero-order valence-electron chi connectivity index (χ0n) is 11.3. The van der Waals surface area contributed by atoms with Crippen molar-refractivity contribution >= 4 is 23.2 Å². The van der Waals surface area contributed by atoms with Gasteiger partial charge in [-0.05, 0) is 48.1 Å². The van der Waals surface area contributed by atoms with Crippen molar-refractivity contribution in [3.63, 3.8) is 0 Å². The van der Waals surface area contributed by atoms with Crippen LogP contribution in [0.25, 0.3) is 0 Å². The first-order chi connectivity index (χ1) is 9.66. The fourth-order valence-corrected chi connectivity index (χ4v) is 3.78. The summed E-state index contributed by atoms with van der Waals surface area (Å²) < 4.78 is 0. The smallest absolute Gasteiger partial charge is 0.307 e. The normalized spacial score (nSPS) is 25.6. The van der Waals surface area contributed by atoms with Crippen LogP contribution in [0.3, 0.4) is 0 Å². The first-order valence-electron chi connectivity index (χ1n) is 7.21. The fraction of sp³-hybridized carbons (Fsp3) is 0.600. The predicted molar refractivity (Wildman–Crippen MR) is 76.4 cm³/mol. The first-order valence-corrected chi connectivity index (χ1v) is 8.15. The number of hydrogen-bond acceptors (Lipinski definition) is 3. The van der Waals surface area contributed by atoms with Crippen molar-refractivity contribution < 1.29 is 14.7 Å². The second-order valence-electron chi connectivity index (χ2n) is 5.81. The van der Waals surface area contributed by atoms with Crippen LogP contribution < -0.4 is 0 Å². The molecule has 2 unspecified atom stereocenters. The van der Waals surface area contributed by atoms with Crippen molar-refractivity contribution in [2.24, 2.45) is 11.8 Å². The van der Waals surface area contributed by atoms with Gasteiger partial charge in [0.1, 0.15) is 0 Å². The van der Waals surface area contributed by atoms with Crippen molar-refractivity contribution in [2.45, 2.75) is 44.7 Å². The Bertz CT molecular complexity index is 495. The molecule has 0 radical (unpaired) electrons. The van der Waals surface area contributed by atoms with E-state index in [0.29, 0.717) is 19.0 Å². The van der Waals surface area contributed by atoms with E-state index in [1.165, 1.54) is 0 Å². The van der Waals surface area contributed by atoms with Gasteiger partial charge in [-0.2, -0.15) is 11.3 Å². The number of amides is 1. The van der Waals surface area contributed by atoms with Gasteiger partial charge in [-0.25, -0.2) is 0 Å². The van der Waals surface area contributed by atoms with Crippen LogP contribution in [0, 0.1) is 11.8 Å². The Morgan fingerprint density at radius 1 is 1.25 bits per heavy atom. The molecule has 3 rings (SSSR count). The predicted octanol–water partition coefficient (Wildman–Crippen LogP) is 2.74. The van der Waals surface area contributed by atoms with Gasteiger partial charge in [0.05, 0.1) is 11.8 Å². The summed E-state index contributed by atoms with van der Waals surface area (Å²) in [4.78, 5) is 25.9. The van der Waals surface area contributed by atoms with Crippen LogP contribution in [0.2, 0.25) is 0 Å². The highest BCUT2D eigenvalue weighted by Gasteiger charge is 2.43. The molecule has 1 aromatic heterocycles. The second-order valence-corrected chi connectivity index (χ2v) is 6.59. The third-order valence-corrected chi connectivity index (χ3v) is 5.09. The van der Waals surface area contributed by atoms with Crippen LogP contribution in [0.4, 0.5) is 0 Å². The first kappa shape index (κ1) is 13.6. The number of carboxylic acids is 1. The van der Waals surface area contributed by atoms with E-state index in [1.54, 1.807) is 11.3 Å². The number of nitrogens with zero attached hydrogens (tertiary/aromatic N) is 1. The Morgan fingerprint density at radius 3 is 2.60 bits per heavy atom. The van der Waals surface area contributed by atoms with Crippen LogP contribution in [0.1, 0.15) is 37.7 Å². The van der Waals surface area contributed by atoms with Crippen LogP contribution >= 0.6 is 11.3 Å². The molecule has 108 valence electrons. The molecule has 2 aliphatic carbocycles. The van der Waals surface area contributed by atoms with E-state index in [0.717, 1.165) is 31.2 Å². The molecule has 0 bridgehead atoms. The van der Waals surface area contributed by atoms with Crippen molar-refractivity contribution in [1.29, 1.82) is 0 Å². The molecule has 0 saturated heterocycles. The van der Waals surface area contributed by atoms with Crippen molar-refractivity contribution in [3.05, 3.63) is 22.4 Å². The number of carbonyl (C=O) groups is 2. The molecule has 1 N–H and O–H groups in total. The van der Waals surface area contributed by atoms with Gasteiger partial charge >= 0.3 is 5.97 Å². The Balaban J connectivity index is 1.73. The van der Waals surface area contributed by atoms with E-state index in [4.69, 9.17) is 0 Å². The van der Waals surface area contributed by atoms with Crippen molar-refractivity contribution in [2.75, 3.05) is 0 Å². The quantitative estimate of drug-likeness (QED) is 0.908. The minimum absolute atomic E-state index is 0.0589.